The Hall–Kier alpha value is -1.33. The highest BCUT2D eigenvalue weighted by Crippen LogP contribution is 2.36. The van der Waals surface area contributed by atoms with Crippen LogP contribution in [-0.4, -0.2) is 29.6 Å². The zero-order valence-electron chi connectivity index (χ0n) is 13.0. The van der Waals surface area contributed by atoms with Crippen molar-refractivity contribution in [3.05, 3.63) is 47.0 Å². The fourth-order valence-corrected chi connectivity index (χ4v) is 2.69. The second-order valence-corrected chi connectivity index (χ2v) is 6.19. The summed E-state index contributed by atoms with van der Waals surface area (Å²) in [5.74, 6) is 0. The molecule has 0 amide bonds. The molecule has 0 spiro atoms. The average Bonchev–Trinajstić information content (AvgIpc) is 2.46. The summed E-state index contributed by atoms with van der Waals surface area (Å²) < 4.78 is 38.4. The maximum absolute atomic E-state index is 12.8. The predicted octanol–water partition coefficient (Wildman–Crippen LogP) is 3.96. The van der Waals surface area contributed by atoms with Crippen molar-refractivity contribution in [2.75, 3.05) is 19.6 Å². The molecule has 2 rings (SSSR count). The van der Waals surface area contributed by atoms with E-state index in [-0.39, 0.29) is 0 Å². The first-order chi connectivity index (χ1) is 10.2. The second kappa shape index (κ2) is 6.42. The third kappa shape index (κ3) is 4.11. The maximum Gasteiger partial charge on any atom is 0.416 e. The van der Waals surface area contributed by atoms with Gasteiger partial charge in [-0.25, -0.2) is 0 Å². The van der Waals surface area contributed by atoms with Gasteiger partial charge in [-0.15, -0.1) is 0 Å². The van der Waals surface area contributed by atoms with Crippen molar-refractivity contribution in [3.8, 4) is 0 Å². The molecule has 0 radical (unpaired) electrons. The zero-order valence-corrected chi connectivity index (χ0v) is 13.0. The Bertz CT molecular complexity index is 539. The number of hydrogen-bond donors (Lipinski definition) is 1. The summed E-state index contributed by atoms with van der Waals surface area (Å²) in [6, 6.07) is 5.06. The molecule has 5 heteroatoms. The van der Waals surface area contributed by atoms with E-state index in [1.165, 1.54) is 11.6 Å². The normalized spacial score (nSPS) is 19.0. The van der Waals surface area contributed by atoms with E-state index in [0.717, 1.165) is 18.7 Å². The number of aliphatic hydroxyl groups is 1. The lowest BCUT2D eigenvalue weighted by Crippen LogP contribution is -2.42. The van der Waals surface area contributed by atoms with Gasteiger partial charge in [-0.1, -0.05) is 23.8 Å². The van der Waals surface area contributed by atoms with Gasteiger partial charge < -0.3 is 5.11 Å². The molecule has 0 saturated carbocycles. The topological polar surface area (TPSA) is 23.5 Å². The molecule has 1 fully saturated rings. The molecule has 0 bridgehead atoms. The van der Waals surface area contributed by atoms with Crippen molar-refractivity contribution in [3.63, 3.8) is 0 Å². The lowest BCUT2D eigenvalue weighted by Gasteiger charge is -2.38. The fourth-order valence-electron chi connectivity index (χ4n) is 2.69. The summed E-state index contributed by atoms with van der Waals surface area (Å²) in [7, 11) is 0. The Morgan fingerprint density at radius 3 is 2.45 bits per heavy atom. The van der Waals surface area contributed by atoms with Crippen LogP contribution in [0.4, 0.5) is 13.2 Å². The molecule has 0 aromatic heterocycles. The molecular formula is C17H22F3NO. The van der Waals surface area contributed by atoms with Crippen molar-refractivity contribution < 1.29 is 18.3 Å². The van der Waals surface area contributed by atoms with Crippen LogP contribution in [0.3, 0.4) is 0 Å². The van der Waals surface area contributed by atoms with Gasteiger partial charge in [0.05, 0.1) is 11.2 Å². The molecule has 1 aromatic rings. The summed E-state index contributed by atoms with van der Waals surface area (Å²) in [6.07, 6.45) is -1.36. The van der Waals surface area contributed by atoms with E-state index in [0.29, 0.717) is 31.5 Å². The van der Waals surface area contributed by atoms with Gasteiger partial charge in [-0.2, -0.15) is 13.2 Å². The van der Waals surface area contributed by atoms with Crippen LogP contribution < -0.4 is 0 Å². The van der Waals surface area contributed by atoms with E-state index in [4.69, 9.17) is 0 Å². The number of benzene rings is 1. The number of likely N-dealkylation sites (tertiary alicyclic amines) is 1. The quantitative estimate of drug-likeness (QED) is 0.854. The molecular weight excluding hydrogens is 291 g/mol. The Labute approximate surface area is 129 Å². The molecule has 2 nitrogen and oxygen atoms in total. The number of allylic oxidation sites excluding steroid dienone is 1. The highest BCUT2D eigenvalue weighted by Gasteiger charge is 2.36. The first-order valence-corrected chi connectivity index (χ1v) is 7.46. The lowest BCUT2D eigenvalue weighted by atomic mass is 9.83. The third-order valence-electron chi connectivity index (χ3n) is 4.17. The highest BCUT2D eigenvalue weighted by atomic mass is 19.4. The fraction of sp³-hybridized carbons (Fsp3) is 0.529. The molecule has 1 heterocycles. The van der Waals surface area contributed by atoms with Gasteiger partial charge in [-0.3, -0.25) is 4.90 Å². The van der Waals surface area contributed by atoms with Gasteiger partial charge in [0.1, 0.15) is 0 Å². The van der Waals surface area contributed by atoms with Crippen LogP contribution in [0.2, 0.25) is 0 Å². The minimum atomic E-state index is -4.38. The van der Waals surface area contributed by atoms with Gasteiger partial charge in [0.15, 0.2) is 0 Å². The molecule has 22 heavy (non-hydrogen) atoms. The molecule has 1 aliphatic heterocycles. The van der Waals surface area contributed by atoms with Gasteiger partial charge in [-0.05, 0) is 44.4 Å². The summed E-state index contributed by atoms with van der Waals surface area (Å²) in [4.78, 5) is 2.20. The minimum absolute atomic E-state index is 0.365. The van der Waals surface area contributed by atoms with Gasteiger partial charge >= 0.3 is 6.18 Å². The van der Waals surface area contributed by atoms with Crippen LogP contribution in [0.1, 0.15) is 37.8 Å². The molecule has 122 valence electrons. The van der Waals surface area contributed by atoms with Crippen molar-refractivity contribution >= 4 is 0 Å². The number of nitrogens with zero attached hydrogens (tertiary/aromatic N) is 1. The minimum Gasteiger partial charge on any atom is -0.385 e. The van der Waals surface area contributed by atoms with E-state index >= 15 is 0 Å². The van der Waals surface area contributed by atoms with Crippen molar-refractivity contribution in [2.24, 2.45) is 0 Å². The maximum atomic E-state index is 12.8. The van der Waals surface area contributed by atoms with Gasteiger partial charge in [0.25, 0.3) is 0 Å². The van der Waals surface area contributed by atoms with E-state index in [1.54, 1.807) is 6.07 Å². The average molecular weight is 313 g/mol. The smallest absolute Gasteiger partial charge is 0.385 e. The standard InChI is InChI=1S/C17H22F3NO/c1-13(2)6-9-21-10-7-16(22,8-11-21)14-4-3-5-15(12-14)17(18,19)20/h3-6,12,22H,7-11H2,1-2H3. The number of rotatable bonds is 3. The molecule has 1 aliphatic rings. The van der Waals surface area contributed by atoms with Crippen LogP contribution in [0.25, 0.3) is 0 Å². The molecule has 1 N–H and O–H groups in total. The Kier molecular flexibility index (Phi) is 4.97. The molecule has 0 unspecified atom stereocenters. The van der Waals surface area contributed by atoms with Crippen LogP contribution in [0.15, 0.2) is 35.9 Å². The van der Waals surface area contributed by atoms with Crippen LogP contribution in [0.5, 0.6) is 0 Å². The van der Waals surface area contributed by atoms with Crippen LogP contribution in [0, 0.1) is 0 Å². The monoisotopic (exact) mass is 313 g/mol. The van der Waals surface area contributed by atoms with E-state index < -0.39 is 17.3 Å². The molecule has 1 aromatic carbocycles. The summed E-state index contributed by atoms with van der Waals surface area (Å²) in [6.45, 7) is 6.24. The second-order valence-electron chi connectivity index (χ2n) is 6.19. The molecule has 0 aliphatic carbocycles. The van der Waals surface area contributed by atoms with Crippen molar-refractivity contribution in [2.45, 2.75) is 38.5 Å². The summed E-state index contributed by atoms with van der Waals surface area (Å²) >= 11 is 0. The van der Waals surface area contributed by atoms with E-state index in [2.05, 4.69) is 11.0 Å². The first kappa shape index (κ1) is 17.0. The largest absolute Gasteiger partial charge is 0.416 e. The third-order valence-corrected chi connectivity index (χ3v) is 4.17. The van der Waals surface area contributed by atoms with E-state index in [1.807, 2.05) is 13.8 Å². The van der Waals surface area contributed by atoms with Crippen LogP contribution in [-0.2, 0) is 11.8 Å². The first-order valence-electron chi connectivity index (χ1n) is 7.46. The Morgan fingerprint density at radius 1 is 1.27 bits per heavy atom. The van der Waals surface area contributed by atoms with Crippen LogP contribution >= 0.6 is 0 Å². The highest BCUT2D eigenvalue weighted by molar-refractivity contribution is 5.30. The van der Waals surface area contributed by atoms with Gasteiger partial charge in [0.2, 0.25) is 0 Å². The Morgan fingerprint density at radius 2 is 1.91 bits per heavy atom. The van der Waals surface area contributed by atoms with Gasteiger partial charge in [0, 0.05) is 19.6 Å². The number of alkyl halides is 3. The number of halogens is 3. The number of piperidine rings is 1. The lowest BCUT2D eigenvalue weighted by molar-refractivity contribution is -0.137. The van der Waals surface area contributed by atoms with Crippen molar-refractivity contribution in [1.82, 2.24) is 4.90 Å². The summed E-state index contributed by atoms with van der Waals surface area (Å²) in [5.41, 5.74) is -0.267. The molecule has 0 atom stereocenters. The SMILES string of the molecule is CC(C)=CCN1CCC(O)(c2cccc(C(F)(F)F)c2)CC1. The van der Waals surface area contributed by atoms with Crippen molar-refractivity contribution in [1.29, 1.82) is 0 Å². The molecule has 1 saturated heterocycles. The Balaban J connectivity index is 2.09. The zero-order chi connectivity index (χ0) is 16.4. The van der Waals surface area contributed by atoms with E-state index in [9.17, 15) is 18.3 Å². The number of hydrogen-bond acceptors (Lipinski definition) is 2. The predicted molar refractivity (Wildman–Crippen MR) is 80.4 cm³/mol. The summed E-state index contributed by atoms with van der Waals surface area (Å²) in [5, 5.41) is 10.7.